The second-order valence-electron chi connectivity index (χ2n) is 6.99. The molecular weight excluding hydrogens is 388 g/mol. The molecule has 2 N–H and O–H groups in total. The molecule has 0 saturated heterocycles. The topological polar surface area (TPSA) is 42.8 Å². The molecule has 1 aliphatic heterocycles. The van der Waals surface area contributed by atoms with Crippen molar-refractivity contribution >= 4 is 28.6 Å². The van der Waals surface area contributed by atoms with Gasteiger partial charge < -0.3 is 15.0 Å². The van der Waals surface area contributed by atoms with Gasteiger partial charge in [-0.3, -0.25) is 4.79 Å². The molecule has 3 aromatic rings. The molecule has 1 unspecified atom stereocenters. The molecule has 3 heterocycles. The second-order valence-corrected chi connectivity index (χ2v) is 8.97. The molecule has 0 bridgehead atoms. The summed E-state index contributed by atoms with van der Waals surface area (Å²) in [6, 6.07) is 14.8. The fourth-order valence-electron chi connectivity index (χ4n) is 3.96. The molecule has 6 heteroatoms. The van der Waals surface area contributed by atoms with Crippen LogP contribution in [0.4, 0.5) is 0 Å². The van der Waals surface area contributed by atoms with Crippen LogP contribution in [0.5, 0.6) is 5.75 Å². The first-order valence-corrected chi connectivity index (χ1v) is 11.3. The van der Waals surface area contributed by atoms with Gasteiger partial charge in [-0.05, 0) is 40.9 Å². The van der Waals surface area contributed by atoms with E-state index in [1.54, 1.807) is 18.4 Å². The van der Waals surface area contributed by atoms with Gasteiger partial charge in [-0.25, -0.2) is 0 Å². The minimum atomic E-state index is 0.116. The van der Waals surface area contributed by atoms with Crippen molar-refractivity contribution in [1.82, 2.24) is 5.32 Å². The van der Waals surface area contributed by atoms with Crippen LogP contribution >= 0.6 is 22.7 Å². The number of hydrogen-bond donors (Lipinski definition) is 2. The van der Waals surface area contributed by atoms with E-state index in [1.165, 1.54) is 20.2 Å². The lowest BCUT2D eigenvalue weighted by atomic mass is 9.98. The molecule has 0 radical (unpaired) electrons. The normalized spacial score (nSPS) is 18.5. The molecule has 0 spiro atoms. The summed E-state index contributed by atoms with van der Waals surface area (Å²) in [5.41, 5.74) is 2.52. The maximum atomic E-state index is 12.7. The van der Waals surface area contributed by atoms with Gasteiger partial charge in [0, 0.05) is 23.4 Å². The number of methoxy groups -OCH3 is 1. The molecular formula is C22H25N2O2S2+. The van der Waals surface area contributed by atoms with Crippen LogP contribution in [0.3, 0.4) is 0 Å². The Balaban J connectivity index is 1.38. The molecule has 4 nitrogen and oxygen atoms in total. The fraction of sp³-hybridized carbons (Fsp3) is 0.318. The first-order chi connectivity index (χ1) is 13.8. The predicted molar refractivity (Wildman–Crippen MR) is 115 cm³/mol. The van der Waals surface area contributed by atoms with Crippen LogP contribution in [0.25, 0.3) is 0 Å². The van der Waals surface area contributed by atoms with Crippen molar-refractivity contribution in [2.24, 2.45) is 0 Å². The van der Waals surface area contributed by atoms with Crippen LogP contribution in [0, 0.1) is 0 Å². The minimum absolute atomic E-state index is 0.116. The number of hydrogen-bond acceptors (Lipinski definition) is 4. The number of fused-ring (bicyclic) bond motifs is 1. The molecule has 2 aromatic heterocycles. The zero-order valence-electron chi connectivity index (χ0n) is 15.9. The largest absolute Gasteiger partial charge is 0.496 e. The van der Waals surface area contributed by atoms with Gasteiger partial charge in [0.1, 0.15) is 11.8 Å². The van der Waals surface area contributed by atoms with Crippen LogP contribution < -0.4 is 15.0 Å². The van der Waals surface area contributed by atoms with Crippen molar-refractivity contribution in [2.45, 2.75) is 18.9 Å². The summed E-state index contributed by atoms with van der Waals surface area (Å²) in [7, 11) is 1.68. The molecule has 1 amide bonds. The van der Waals surface area contributed by atoms with E-state index in [4.69, 9.17) is 4.74 Å². The molecule has 1 aromatic carbocycles. The van der Waals surface area contributed by atoms with E-state index in [0.29, 0.717) is 13.1 Å². The molecule has 1 aliphatic rings. The van der Waals surface area contributed by atoms with Crippen molar-refractivity contribution in [3.63, 3.8) is 0 Å². The van der Waals surface area contributed by atoms with Crippen molar-refractivity contribution in [3.05, 3.63) is 74.1 Å². The third-order valence-corrected chi connectivity index (χ3v) is 7.23. The number of amides is 1. The highest BCUT2D eigenvalue weighted by molar-refractivity contribution is 7.10. The summed E-state index contributed by atoms with van der Waals surface area (Å²) in [6.07, 6.45) is 1.83. The van der Waals surface area contributed by atoms with Crippen LogP contribution in [0.2, 0.25) is 0 Å². The zero-order valence-corrected chi connectivity index (χ0v) is 17.6. The fourth-order valence-corrected chi connectivity index (χ4v) is 5.79. The molecule has 0 saturated carbocycles. The van der Waals surface area contributed by atoms with Crippen molar-refractivity contribution in [1.29, 1.82) is 0 Å². The van der Waals surface area contributed by atoms with Crippen LogP contribution in [0.1, 0.15) is 26.9 Å². The van der Waals surface area contributed by atoms with Crippen LogP contribution in [-0.2, 0) is 17.6 Å². The number of carbonyl (C=O) groups excluding carboxylic acids is 1. The summed E-state index contributed by atoms with van der Waals surface area (Å²) in [4.78, 5) is 16.8. The highest BCUT2D eigenvalue weighted by Gasteiger charge is 2.34. The summed E-state index contributed by atoms with van der Waals surface area (Å²) in [5.74, 6) is 0.992. The number of rotatable bonds is 7. The lowest BCUT2D eigenvalue weighted by molar-refractivity contribution is -0.919. The minimum Gasteiger partial charge on any atom is -0.496 e. The average Bonchev–Trinajstić information content (AvgIpc) is 3.40. The standard InChI is InChI=1S/C22H24N2O2S2/c1-26-18-6-3-2-5-16(18)8-11-23-21(25)15-24-12-9-19-17(10-14-28-19)22(24)20-7-4-13-27-20/h2-7,10,13-14,22H,8-9,11-12,15H2,1H3,(H,23,25)/p+1/t22-/m0/s1. The molecule has 146 valence electrons. The summed E-state index contributed by atoms with van der Waals surface area (Å²) in [6.45, 7) is 2.12. The van der Waals surface area contributed by atoms with Gasteiger partial charge in [-0.2, -0.15) is 0 Å². The van der Waals surface area contributed by atoms with Crippen LogP contribution in [0.15, 0.2) is 53.2 Å². The average molecular weight is 414 g/mol. The number of benzene rings is 1. The van der Waals surface area contributed by atoms with Gasteiger partial charge in [0.15, 0.2) is 6.54 Å². The highest BCUT2D eigenvalue weighted by Crippen LogP contribution is 2.31. The lowest BCUT2D eigenvalue weighted by Crippen LogP contribution is -3.14. The summed E-state index contributed by atoms with van der Waals surface area (Å²) >= 11 is 3.63. The van der Waals surface area contributed by atoms with E-state index in [2.05, 4.69) is 34.3 Å². The van der Waals surface area contributed by atoms with E-state index in [0.717, 1.165) is 30.7 Å². The number of para-hydroxylation sites is 1. The Labute approximate surface area is 173 Å². The Morgan fingerprint density at radius 2 is 2.07 bits per heavy atom. The van der Waals surface area contributed by atoms with E-state index >= 15 is 0 Å². The Hall–Kier alpha value is -2.15. The summed E-state index contributed by atoms with van der Waals surface area (Å²) < 4.78 is 5.39. The van der Waals surface area contributed by atoms with E-state index in [9.17, 15) is 4.79 Å². The molecule has 4 rings (SSSR count). The molecule has 0 aliphatic carbocycles. The molecule has 0 fully saturated rings. The molecule has 2 atom stereocenters. The second kappa shape index (κ2) is 8.90. The van der Waals surface area contributed by atoms with Gasteiger partial charge in [0.05, 0.1) is 18.5 Å². The number of carbonyl (C=O) groups is 1. The van der Waals surface area contributed by atoms with Gasteiger partial charge in [0.25, 0.3) is 5.91 Å². The third kappa shape index (κ3) is 4.14. The number of thiophene rings is 2. The Bertz CT molecular complexity index is 920. The van der Waals surface area contributed by atoms with E-state index < -0.39 is 0 Å². The maximum absolute atomic E-state index is 12.7. The lowest BCUT2D eigenvalue weighted by Gasteiger charge is -2.31. The quantitative estimate of drug-likeness (QED) is 0.625. The predicted octanol–water partition coefficient (Wildman–Crippen LogP) is 2.71. The smallest absolute Gasteiger partial charge is 0.275 e. The highest BCUT2D eigenvalue weighted by atomic mass is 32.1. The Morgan fingerprint density at radius 1 is 1.18 bits per heavy atom. The monoisotopic (exact) mass is 413 g/mol. The maximum Gasteiger partial charge on any atom is 0.275 e. The van der Waals surface area contributed by atoms with Crippen LogP contribution in [-0.4, -0.2) is 32.7 Å². The first-order valence-electron chi connectivity index (χ1n) is 9.59. The molecule has 28 heavy (non-hydrogen) atoms. The number of nitrogens with one attached hydrogen (secondary N) is 2. The SMILES string of the molecule is COc1ccccc1CCNC(=O)C[NH+]1CCc2sccc2[C@H]1c1cccs1. The summed E-state index contributed by atoms with van der Waals surface area (Å²) in [5, 5.41) is 7.41. The van der Waals surface area contributed by atoms with Gasteiger partial charge in [0.2, 0.25) is 0 Å². The number of quaternary nitrogens is 1. The van der Waals surface area contributed by atoms with Gasteiger partial charge in [-0.15, -0.1) is 22.7 Å². The Morgan fingerprint density at radius 3 is 2.89 bits per heavy atom. The third-order valence-electron chi connectivity index (χ3n) is 5.30. The zero-order chi connectivity index (χ0) is 19.3. The van der Waals surface area contributed by atoms with E-state index in [-0.39, 0.29) is 11.9 Å². The Kier molecular flexibility index (Phi) is 6.10. The van der Waals surface area contributed by atoms with Gasteiger partial charge in [-0.1, -0.05) is 24.3 Å². The first kappa shape index (κ1) is 19.2. The number of ether oxygens (including phenoxy) is 1. The van der Waals surface area contributed by atoms with E-state index in [1.807, 2.05) is 35.6 Å². The van der Waals surface area contributed by atoms with Crippen molar-refractivity contribution < 1.29 is 14.4 Å². The van der Waals surface area contributed by atoms with Crippen molar-refractivity contribution in [3.8, 4) is 5.75 Å². The van der Waals surface area contributed by atoms with Gasteiger partial charge >= 0.3 is 0 Å². The van der Waals surface area contributed by atoms with Crippen molar-refractivity contribution in [2.75, 3.05) is 26.7 Å².